The van der Waals surface area contributed by atoms with Crippen LogP contribution in [0.1, 0.15) is 10.5 Å². The maximum Gasteiger partial charge on any atom is 0.275 e. The molecule has 21 heavy (non-hydrogen) atoms. The predicted octanol–water partition coefficient (Wildman–Crippen LogP) is 1.52. The van der Waals surface area contributed by atoms with E-state index < -0.39 is 0 Å². The van der Waals surface area contributed by atoms with Crippen LogP contribution in [0.25, 0.3) is 11.3 Å². The highest BCUT2D eigenvalue weighted by atomic mass is 16.2. The maximum atomic E-state index is 12.2. The van der Waals surface area contributed by atoms with Crippen LogP contribution in [0.15, 0.2) is 49.2 Å². The Morgan fingerprint density at radius 2 is 2.00 bits per heavy atom. The number of nitrogens with one attached hydrogen (secondary N) is 1. The van der Waals surface area contributed by atoms with Crippen molar-refractivity contribution in [1.82, 2.24) is 24.7 Å². The first-order valence-corrected chi connectivity index (χ1v) is 6.26. The van der Waals surface area contributed by atoms with Crippen molar-refractivity contribution in [3.05, 3.63) is 54.9 Å². The second-order valence-electron chi connectivity index (χ2n) is 4.33. The normalized spacial score (nSPS) is 10.3. The van der Waals surface area contributed by atoms with Gasteiger partial charge in [0.2, 0.25) is 0 Å². The molecule has 104 valence electrons. The van der Waals surface area contributed by atoms with Crippen LogP contribution in [0.4, 0.5) is 5.82 Å². The Bertz CT molecular complexity index is 768. The summed E-state index contributed by atoms with van der Waals surface area (Å²) < 4.78 is 1.58. The minimum absolute atomic E-state index is 0.294. The standard InChI is InChI=1S/C14H12N6O/c1-20-13(5-6-17-20)19-14(21)12-4-2-3-11(18-12)10-7-15-9-16-8-10/h2-9H,1H3,(H,19,21). The smallest absolute Gasteiger partial charge is 0.275 e. The van der Waals surface area contributed by atoms with Crippen LogP contribution in [0.2, 0.25) is 0 Å². The third-order valence-electron chi connectivity index (χ3n) is 2.90. The van der Waals surface area contributed by atoms with Gasteiger partial charge in [0, 0.05) is 31.1 Å². The number of aryl methyl sites for hydroxylation is 1. The van der Waals surface area contributed by atoms with Gasteiger partial charge in [-0.1, -0.05) is 6.07 Å². The lowest BCUT2D eigenvalue weighted by Gasteiger charge is -2.06. The number of hydrogen-bond acceptors (Lipinski definition) is 5. The molecule has 0 aliphatic rings. The van der Waals surface area contributed by atoms with E-state index in [0.29, 0.717) is 17.2 Å². The quantitative estimate of drug-likeness (QED) is 0.786. The number of nitrogens with zero attached hydrogens (tertiary/aromatic N) is 5. The maximum absolute atomic E-state index is 12.2. The van der Waals surface area contributed by atoms with Gasteiger partial charge in [-0.2, -0.15) is 5.10 Å². The van der Waals surface area contributed by atoms with E-state index in [2.05, 4.69) is 25.4 Å². The second kappa shape index (κ2) is 5.49. The molecule has 3 aromatic heterocycles. The van der Waals surface area contributed by atoms with Gasteiger partial charge in [-0.15, -0.1) is 0 Å². The minimum atomic E-state index is -0.294. The van der Waals surface area contributed by atoms with Crippen molar-refractivity contribution in [2.75, 3.05) is 5.32 Å². The Morgan fingerprint density at radius 1 is 1.19 bits per heavy atom. The van der Waals surface area contributed by atoms with Gasteiger partial charge in [0.15, 0.2) is 0 Å². The van der Waals surface area contributed by atoms with Gasteiger partial charge in [0.25, 0.3) is 5.91 Å². The Kier molecular flexibility index (Phi) is 3.38. The van der Waals surface area contributed by atoms with Gasteiger partial charge in [0.05, 0.1) is 11.9 Å². The molecule has 1 amide bonds. The first-order chi connectivity index (χ1) is 10.2. The van der Waals surface area contributed by atoms with E-state index in [1.807, 2.05) is 0 Å². The number of carbonyl (C=O) groups is 1. The molecular weight excluding hydrogens is 268 g/mol. The van der Waals surface area contributed by atoms with Crippen molar-refractivity contribution in [3.63, 3.8) is 0 Å². The van der Waals surface area contributed by atoms with Gasteiger partial charge < -0.3 is 5.32 Å². The van der Waals surface area contributed by atoms with Gasteiger partial charge in [-0.3, -0.25) is 9.48 Å². The van der Waals surface area contributed by atoms with Crippen molar-refractivity contribution in [1.29, 1.82) is 0 Å². The van der Waals surface area contributed by atoms with Crippen molar-refractivity contribution in [2.45, 2.75) is 0 Å². The van der Waals surface area contributed by atoms with E-state index in [0.717, 1.165) is 5.56 Å². The van der Waals surface area contributed by atoms with Crippen LogP contribution in [-0.2, 0) is 7.05 Å². The van der Waals surface area contributed by atoms with E-state index in [9.17, 15) is 4.79 Å². The summed E-state index contributed by atoms with van der Waals surface area (Å²) in [5.74, 6) is 0.313. The number of hydrogen-bond donors (Lipinski definition) is 1. The molecule has 0 aliphatic heterocycles. The number of anilines is 1. The van der Waals surface area contributed by atoms with Gasteiger partial charge >= 0.3 is 0 Å². The third kappa shape index (κ3) is 2.76. The second-order valence-corrected chi connectivity index (χ2v) is 4.33. The number of amides is 1. The van der Waals surface area contributed by atoms with Crippen molar-refractivity contribution in [2.24, 2.45) is 7.05 Å². The summed E-state index contributed by atoms with van der Waals surface area (Å²) in [4.78, 5) is 24.4. The molecule has 0 fully saturated rings. The number of carbonyl (C=O) groups excluding carboxylic acids is 1. The van der Waals surface area contributed by atoms with Gasteiger partial charge in [-0.05, 0) is 12.1 Å². The molecule has 7 heteroatoms. The summed E-state index contributed by atoms with van der Waals surface area (Å²) in [6.45, 7) is 0. The molecule has 0 bridgehead atoms. The topological polar surface area (TPSA) is 85.6 Å². The highest BCUT2D eigenvalue weighted by Crippen LogP contribution is 2.15. The molecule has 0 saturated heterocycles. The number of rotatable bonds is 3. The predicted molar refractivity (Wildman–Crippen MR) is 76.4 cm³/mol. The monoisotopic (exact) mass is 280 g/mol. The Balaban J connectivity index is 1.86. The molecule has 1 N–H and O–H groups in total. The lowest BCUT2D eigenvalue weighted by molar-refractivity contribution is 0.102. The van der Waals surface area contributed by atoms with E-state index in [1.54, 1.807) is 54.6 Å². The number of aromatic nitrogens is 5. The van der Waals surface area contributed by atoms with E-state index in [1.165, 1.54) is 6.33 Å². The molecule has 0 saturated carbocycles. The van der Waals surface area contributed by atoms with E-state index in [-0.39, 0.29) is 5.91 Å². The van der Waals surface area contributed by atoms with Crippen LogP contribution >= 0.6 is 0 Å². The third-order valence-corrected chi connectivity index (χ3v) is 2.90. The summed E-state index contributed by atoms with van der Waals surface area (Å²) in [5, 5.41) is 6.75. The van der Waals surface area contributed by atoms with E-state index in [4.69, 9.17) is 0 Å². The molecule has 0 unspecified atom stereocenters. The SMILES string of the molecule is Cn1nccc1NC(=O)c1cccc(-c2cncnc2)n1. The Labute approximate surface area is 120 Å². The molecule has 3 rings (SSSR count). The first-order valence-electron chi connectivity index (χ1n) is 6.26. The van der Waals surface area contributed by atoms with Crippen molar-refractivity contribution < 1.29 is 4.79 Å². The largest absolute Gasteiger partial charge is 0.305 e. The fourth-order valence-corrected chi connectivity index (χ4v) is 1.83. The molecule has 0 radical (unpaired) electrons. The number of pyridine rings is 1. The fourth-order valence-electron chi connectivity index (χ4n) is 1.83. The summed E-state index contributed by atoms with van der Waals surface area (Å²) in [6.07, 6.45) is 6.36. The molecule has 3 aromatic rings. The van der Waals surface area contributed by atoms with Crippen LogP contribution < -0.4 is 5.32 Å². The summed E-state index contributed by atoms with van der Waals surface area (Å²) in [7, 11) is 1.75. The average molecular weight is 280 g/mol. The van der Waals surface area contributed by atoms with Crippen molar-refractivity contribution >= 4 is 11.7 Å². The summed E-state index contributed by atoms with van der Waals surface area (Å²) in [6, 6.07) is 6.94. The van der Waals surface area contributed by atoms with Crippen LogP contribution in [-0.4, -0.2) is 30.6 Å². The molecule has 7 nitrogen and oxygen atoms in total. The van der Waals surface area contributed by atoms with Crippen LogP contribution in [0.3, 0.4) is 0 Å². The van der Waals surface area contributed by atoms with E-state index >= 15 is 0 Å². The van der Waals surface area contributed by atoms with Crippen LogP contribution in [0.5, 0.6) is 0 Å². The molecule has 0 aromatic carbocycles. The summed E-state index contributed by atoms with van der Waals surface area (Å²) >= 11 is 0. The Morgan fingerprint density at radius 3 is 2.71 bits per heavy atom. The minimum Gasteiger partial charge on any atom is -0.305 e. The molecule has 0 atom stereocenters. The molecule has 0 spiro atoms. The lowest BCUT2D eigenvalue weighted by atomic mass is 10.2. The molecular formula is C14H12N6O. The Hall–Kier alpha value is -3.09. The fraction of sp³-hybridized carbons (Fsp3) is 0.0714. The molecule has 3 heterocycles. The lowest BCUT2D eigenvalue weighted by Crippen LogP contribution is -2.16. The average Bonchev–Trinajstić information content (AvgIpc) is 2.93. The highest BCUT2D eigenvalue weighted by molar-refractivity contribution is 6.02. The first kappa shape index (κ1) is 12.9. The van der Waals surface area contributed by atoms with Gasteiger partial charge in [-0.25, -0.2) is 15.0 Å². The van der Waals surface area contributed by atoms with Gasteiger partial charge in [0.1, 0.15) is 17.8 Å². The zero-order valence-electron chi connectivity index (χ0n) is 11.3. The summed E-state index contributed by atoms with van der Waals surface area (Å²) in [5.41, 5.74) is 1.72. The zero-order valence-corrected chi connectivity index (χ0v) is 11.3. The molecule has 0 aliphatic carbocycles. The van der Waals surface area contributed by atoms with Crippen LogP contribution in [0, 0.1) is 0 Å². The van der Waals surface area contributed by atoms with Crippen molar-refractivity contribution in [3.8, 4) is 11.3 Å². The zero-order chi connectivity index (χ0) is 14.7. The highest BCUT2D eigenvalue weighted by Gasteiger charge is 2.11.